The van der Waals surface area contributed by atoms with Gasteiger partial charge in [-0.1, -0.05) is 12.1 Å². The van der Waals surface area contributed by atoms with Crippen molar-refractivity contribution in [1.29, 1.82) is 5.26 Å². The molecule has 0 aromatic heterocycles. The van der Waals surface area contributed by atoms with Crippen LogP contribution in [0.5, 0.6) is 0 Å². The van der Waals surface area contributed by atoms with E-state index in [1.165, 1.54) is 12.1 Å². The highest BCUT2D eigenvalue weighted by Gasteiger charge is 2.20. The first-order chi connectivity index (χ1) is 12.6. The zero-order valence-electron chi connectivity index (χ0n) is 14.5. The van der Waals surface area contributed by atoms with Crippen LogP contribution in [0.1, 0.15) is 11.1 Å². The zero-order valence-corrected chi connectivity index (χ0v) is 14.5. The second-order valence-corrected chi connectivity index (χ2v) is 6.32. The van der Waals surface area contributed by atoms with Crippen LogP contribution in [0.25, 0.3) is 0 Å². The Bertz CT molecular complexity index is 775. The lowest BCUT2D eigenvalue weighted by molar-refractivity contribution is 0.148. The van der Waals surface area contributed by atoms with E-state index in [2.05, 4.69) is 16.3 Å². The Morgan fingerprint density at radius 1 is 1.04 bits per heavy atom. The number of carbonyl (C=O) groups excluding carboxylic acids is 1. The highest BCUT2D eigenvalue weighted by molar-refractivity contribution is 5.89. The molecule has 0 spiro atoms. The minimum Gasteiger partial charge on any atom is -0.322 e. The van der Waals surface area contributed by atoms with Crippen LogP contribution in [0.2, 0.25) is 0 Å². The fraction of sp³-hybridized carbons (Fsp3) is 0.300. The maximum atomic E-state index is 12.9. The van der Waals surface area contributed by atoms with E-state index in [1.54, 1.807) is 29.2 Å². The maximum Gasteiger partial charge on any atom is 0.321 e. The fourth-order valence-corrected chi connectivity index (χ4v) is 2.94. The van der Waals surface area contributed by atoms with Crippen LogP contribution in [0.4, 0.5) is 14.9 Å². The van der Waals surface area contributed by atoms with Gasteiger partial charge in [0.1, 0.15) is 5.82 Å². The SMILES string of the molecule is N#Cc1ccc(NC(=O)N2CCN(CCc3ccc(F)cc3)CC2)cc1. The highest BCUT2D eigenvalue weighted by Crippen LogP contribution is 2.12. The molecule has 0 aliphatic carbocycles. The first-order valence-corrected chi connectivity index (χ1v) is 8.67. The fourth-order valence-electron chi connectivity index (χ4n) is 2.94. The van der Waals surface area contributed by atoms with Gasteiger partial charge in [-0.05, 0) is 48.4 Å². The van der Waals surface area contributed by atoms with E-state index < -0.39 is 0 Å². The van der Waals surface area contributed by atoms with E-state index in [0.717, 1.165) is 31.6 Å². The van der Waals surface area contributed by atoms with Crippen molar-refractivity contribution in [2.75, 3.05) is 38.0 Å². The first-order valence-electron chi connectivity index (χ1n) is 8.67. The van der Waals surface area contributed by atoms with Crippen LogP contribution in [0.15, 0.2) is 48.5 Å². The van der Waals surface area contributed by atoms with Gasteiger partial charge in [0.15, 0.2) is 0 Å². The van der Waals surface area contributed by atoms with E-state index >= 15 is 0 Å². The molecule has 0 radical (unpaired) electrons. The number of urea groups is 1. The number of hydrogen-bond donors (Lipinski definition) is 1. The molecule has 1 saturated heterocycles. The molecule has 0 unspecified atom stereocenters. The van der Waals surface area contributed by atoms with Crippen LogP contribution >= 0.6 is 0 Å². The van der Waals surface area contributed by atoms with Crippen molar-refractivity contribution in [3.8, 4) is 6.07 Å². The van der Waals surface area contributed by atoms with Gasteiger partial charge in [-0.3, -0.25) is 4.90 Å². The molecule has 1 aliphatic rings. The third kappa shape index (κ3) is 4.80. The molecule has 2 aromatic rings. The molecule has 0 bridgehead atoms. The summed E-state index contributed by atoms with van der Waals surface area (Å²) in [6, 6.07) is 15.4. The number of nitriles is 1. The van der Waals surface area contributed by atoms with Crippen molar-refractivity contribution >= 4 is 11.7 Å². The average molecular weight is 352 g/mol. The Morgan fingerprint density at radius 2 is 1.69 bits per heavy atom. The monoisotopic (exact) mass is 352 g/mol. The number of nitrogens with one attached hydrogen (secondary N) is 1. The minimum atomic E-state index is -0.212. The lowest BCUT2D eigenvalue weighted by atomic mass is 10.1. The summed E-state index contributed by atoms with van der Waals surface area (Å²) in [6.45, 7) is 3.89. The molecule has 2 aromatic carbocycles. The van der Waals surface area contributed by atoms with Crippen LogP contribution in [-0.2, 0) is 6.42 Å². The van der Waals surface area contributed by atoms with Gasteiger partial charge in [-0.25, -0.2) is 9.18 Å². The number of hydrogen-bond acceptors (Lipinski definition) is 3. The molecule has 1 N–H and O–H groups in total. The Kier molecular flexibility index (Phi) is 5.82. The van der Waals surface area contributed by atoms with E-state index in [-0.39, 0.29) is 11.8 Å². The van der Waals surface area contributed by atoms with E-state index in [0.29, 0.717) is 24.3 Å². The number of piperazine rings is 1. The van der Waals surface area contributed by atoms with Crippen molar-refractivity contribution < 1.29 is 9.18 Å². The molecular weight excluding hydrogens is 331 g/mol. The molecule has 2 amide bonds. The summed E-state index contributed by atoms with van der Waals surface area (Å²) in [4.78, 5) is 16.4. The van der Waals surface area contributed by atoms with Crippen molar-refractivity contribution in [3.63, 3.8) is 0 Å². The lowest BCUT2D eigenvalue weighted by Crippen LogP contribution is -2.50. The largest absolute Gasteiger partial charge is 0.322 e. The smallest absolute Gasteiger partial charge is 0.321 e. The van der Waals surface area contributed by atoms with Gasteiger partial charge in [0.25, 0.3) is 0 Å². The molecule has 134 valence electrons. The predicted molar refractivity (Wildman–Crippen MR) is 98.3 cm³/mol. The van der Waals surface area contributed by atoms with E-state index in [4.69, 9.17) is 5.26 Å². The van der Waals surface area contributed by atoms with Gasteiger partial charge < -0.3 is 10.2 Å². The molecule has 1 fully saturated rings. The van der Waals surface area contributed by atoms with E-state index in [1.807, 2.05) is 12.1 Å². The number of halogens is 1. The summed E-state index contributed by atoms with van der Waals surface area (Å²) in [5, 5.41) is 11.7. The predicted octanol–water partition coefficient (Wildman–Crippen LogP) is 3.09. The maximum absolute atomic E-state index is 12.9. The first kappa shape index (κ1) is 17.9. The lowest BCUT2D eigenvalue weighted by Gasteiger charge is -2.34. The number of amides is 2. The molecule has 1 heterocycles. The Balaban J connectivity index is 1.43. The number of benzene rings is 2. The van der Waals surface area contributed by atoms with Gasteiger partial charge in [0.2, 0.25) is 0 Å². The van der Waals surface area contributed by atoms with Crippen molar-refractivity contribution in [2.24, 2.45) is 0 Å². The molecule has 5 nitrogen and oxygen atoms in total. The van der Waals surface area contributed by atoms with Gasteiger partial charge in [0.05, 0.1) is 11.6 Å². The molecule has 3 rings (SSSR count). The quantitative estimate of drug-likeness (QED) is 0.920. The van der Waals surface area contributed by atoms with Crippen LogP contribution in [0, 0.1) is 17.1 Å². The van der Waals surface area contributed by atoms with Crippen molar-refractivity contribution in [1.82, 2.24) is 9.80 Å². The van der Waals surface area contributed by atoms with Gasteiger partial charge in [-0.15, -0.1) is 0 Å². The summed E-state index contributed by atoms with van der Waals surface area (Å²) in [5.41, 5.74) is 2.37. The van der Waals surface area contributed by atoms with Gasteiger partial charge in [0, 0.05) is 38.4 Å². The Labute approximate surface area is 152 Å². The zero-order chi connectivity index (χ0) is 18.4. The van der Waals surface area contributed by atoms with E-state index in [9.17, 15) is 9.18 Å². The normalized spacial score (nSPS) is 14.7. The molecular formula is C20H21FN4O. The topological polar surface area (TPSA) is 59.4 Å². The molecule has 26 heavy (non-hydrogen) atoms. The molecule has 6 heteroatoms. The summed E-state index contributed by atoms with van der Waals surface area (Å²) < 4.78 is 12.9. The minimum absolute atomic E-state index is 0.118. The highest BCUT2D eigenvalue weighted by atomic mass is 19.1. The van der Waals surface area contributed by atoms with Gasteiger partial charge >= 0.3 is 6.03 Å². The summed E-state index contributed by atoms with van der Waals surface area (Å²) in [7, 11) is 0. The standard InChI is InChI=1S/C20H21FN4O/c21-18-5-1-16(2-6-18)9-10-24-11-13-25(14-12-24)20(26)23-19-7-3-17(15-22)4-8-19/h1-8H,9-14H2,(H,23,26). The second-order valence-electron chi connectivity index (χ2n) is 6.32. The van der Waals surface area contributed by atoms with Crippen LogP contribution in [-0.4, -0.2) is 48.6 Å². The van der Waals surface area contributed by atoms with Crippen molar-refractivity contribution in [2.45, 2.75) is 6.42 Å². The van der Waals surface area contributed by atoms with Gasteiger partial charge in [-0.2, -0.15) is 5.26 Å². The average Bonchev–Trinajstić information content (AvgIpc) is 2.68. The summed E-state index contributed by atoms with van der Waals surface area (Å²) in [5.74, 6) is -0.212. The summed E-state index contributed by atoms with van der Waals surface area (Å²) >= 11 is 0. The third-order valence-corrected chi connectivity index (χ3v) is 4.55. The number of anilines is 1. The second kappa shape index (κ2) is 8.45. The molecule has 1 aliphatic heterocycles. The molecule has 0 saturated carbocycles. The number of rotatable bonds is 4. The van der Waals surface area contributed by atoms with Crippen molar-refractivity contribution in [3.05, 3.63) is 65.5 Å². The number of carbonyl (C=O) groups is 1. The number of nitrogens with zero attached hydrogens (tertiary/aromatic N) is 3. The van der Waals surface area contributed by atoms with Crippen LogP contribution < -0.4 is 5.32 Å². The molecule has 0 atom stereocenters. The van der Waals surface area contributed by atoms with Crippen LogP contribution in [0.3, 0.4) is 0 Å². The Hall–Kier alpha value is -2.91. The summed E-state index contributed by atoms with van der Waals surface area (Å²) in [6.07, 6.45) is 0.873. The third-order valence-electron chi connectivity index (χ3n) is 4.55. The Morgan fingerprint density at radius 3 is 2.31 bits per heavy atom.